The van der Waals surface area contributed by atoms with E-state index in [1.807, 2.05) is 36.4 Å². The molecule has 4 aromatic rings. The topological polar surface area (TPSA) is 96.0 Å². The molecule has 0 radical (unpaired) electrons. The van der Waals surface area contributed by atoms with Crippen LogP contribution in [0.1, 0.15) is 36.8 Å². The monoisotopic (exact) mass is 659 g/mol. The average molecular weight is 660 g/mol. The molecule has 0 aromatic heterocycles. The number of rotatable bonds is 13. The van der Waals surface area contributed by atoms with Gasteiger partial charge in [-0.1, -0.05) is 85.1 Å². The van der Waals surface area contributed by atoms with E-state index < -0.39 is 28.5 Å². The van der Waals surface area contributed by atoms with Crippen molar-refractivity contribution in [3.05, 3.63) is 125 Å². The number of carbonyl (C=O) groups excluding carboxylic acids is 2. The maximum atomic E-state index is 14.6. The Morgan fingerprint density at radius 2 is 1.50 bits per heavy atom. The first kappa shape index (κ1) is 33.0. The summed E-state index contributed by atoms with van der Waals surface area (Å²) < 4.78 is 34.6. The van der Waals surface area contributed by atoms with Crippen LogP contribution in [0, 0.1) is 0 Å². The largest absolute Gasteiger partial charge is 0.497 e. The number of sulfonamides is 1. The zero-order valence-corrected chi connectivity index (χ0v) is 27.3. The Balaban J connectivity index is 1.55. The third-order valence-electron chi connectivity index (χ3n) is 8.19. The van der Waals surface area contributed by atoms with Gasteiger partial charge in [-0.25, -0.2) is 8.42 Å². The molecule has 2 amide bonds. The van der Waals surface area contributed by atoms with Crippen LogP contribution in [-0.4, -0.2) is 50.9 Å². The zero-order chi connectivity index (χ0) is 32.5. The minimum Gasteiger partial charge on any atom is -0.497 e. The molecule has 10 heteroatoms. The quantitative estimate of drug-likeness (QED) is 0.183. The van der Waals surface area contributed by atoms with Gasteiger partial charge in [0.1, 0.15) is 18.3 Å². The molecule has 1 N–H and O–H groups in total. The first-order chi connectivity index (χ1) is 22.2. The maximum absolute atomic E-state index is 14.6. The summed E-state index contributed by atoms with van der Waals surface area (Å²) in [5, 5.41) is 3.67. The smallest absolute Gasteiger partial charge is 0.264 e. The highest BCUT2D eigenvalue weighted by atomic mass is 35.5. The number of para-hydroxylation sites is 1. The van der Waals surface area contributed by atoms with E-state index in [1.54, 1.807) is 60.7 Å². The fourth-order valence-electron chi connectivity index (χ4n) is 5.75. The number of benzene rings is 4. The molecule has 1 saturated carbocycles. The van der Waals surface area contributed by atoms with Gasteiger partial charge in [0.25, 0.3) is 10.0 Å². The van der Waals surface area contributed by atoms with Gasteiger partial charge in [-0.15, -0.1) is 0 Å². The Kier molecular flexibility index (Phi) is 11.0. The first-order valence-corrected chi connectivity index (χ1v) is 17.2. The molecular weight excluding hydrogens is 622 g/mol. The molecular formula is C36H38ClN3O5S. The molecule has 0 spiro atoms. The molecule has 0 unspecified atom stereocenters. The van der Waals surface area contributed by atoms with Crippen LogP contribution in [0.4, 0.5) is 5.69 Å². The number of ether oxygens (including phenoxy) is 1. The second-order valence-electron chi connectivity index (χ2n) is 11.4. The number of hydrogen-bond acceptors (Lipinski definition) is 5. The fourth-order valence-corrected chi connectivity index (χ4v) is 7.38. The highest BCUT2D eigenvalue weighted by molar-refractivity contribution is 7.92. The van der Waals surface area contributed by atoms with Crippen molar-refractivity contribution in [2.75, 3.05) is 18.0 Å². The SMILES string of the molecule is COc1ccc(S(=O)(=O)N(CC(=O)N(Cc2cccc(Cl)c2)[C@@H](Cc2ccccc2)C(=O)NC2CCCC2)c2ccccc2)cc1. The highest BCUT2D eigenvalue weighted by Crippen LogP contribution is 2.27. The Bertz CT molecular complexity index is 1710. The lowest BCUT2D eigenvalue weighted by atomic mass is 10.0. The normalized spacial score (nSPS) is 14.0. The van der Waals surface area contributed by atoms with Crippen molar-refractivity contribution < 1.29 is 22.7 Å². The molecule has 46 heavy (non-hydrogen) atoms. The number of amides is 2. The zero-order valence-electron chi connectivity index (χ0n) is 25.7. The van der Waals surface area contributed by atoms with Crippen molar-refractivity contribution in [3.8, 4) is 5.75 Å². The van der Waals surface area contributed by atoms with Gasteiger partial charge in [-0.2, -0.15) is 0 Å². The van der Waals surface area contributed by atoms with Crippen LogP contribution >= 0.6 is 11.6 Å². The van der Waals surface area contributed by atoms with Crippen LogP contribution in [0.15, 0.2) is 114 Å². The highest BCUT2D eigenvalue weighted by Gasteiger charge is 2.35. The Morgan fingerprint density at radius 3 is 2.13 bits per heavy atom. The van der Waals surface area contributed by atoms with Crippen molar-refractivity contribution in [1.82, 2.24) is 10.2 Å². The molecule has 4 aromatic carbocycles. The van der Waals surface area contributed by atoms with Crippen molar-refractivity contribution >= 4 is 39.1 Å². The van der Waals surface area contributed by atoms with Crippen LogP contribution in [0.3, 0.4) is 0 Å². The summed E-state index contributed by atoms with van der Waals surface area (Å²) in [6, 6.07) is 30.3. The van der Waals surface area contributed by atoms with Crippen LogP contribution in [0.2, 0.25) is 5.02 Å². The molecule has 1 fully saturated rings. The predicted octanol–water partition coefficient (Wildman–Crippen LogP) is 6.24. The molecule has 8 nitrogen and oxygen atoms in total. The first-order valence-electron chi connectivity index (χ1n) is 15.3. The van der Waals surface area contributed by atoms with E-state index in [-0.39, 0.29) is 29.8 Å². The molecule has 1 atom stereocenters. The lowest BCUT2D eigenvalue weighted by molar-refractivity contribution is -0.140. The number of methoxy groups -OCH3 is 1. The van der Waals surface area contributed by atoms with Gasteiger partial charge in [0.05, 0.1) is 17.7 Å². The molecule has 240 valence electrons. The summed E-state index contributed by atoms with van der Waals surface area (Å²) in [5.74, 6) is -0.287. The lowest BCUT2D eigenvalue weighted by Crippen LogP contribution is -2.54. The summed E-state index contributed by atoms with van der Waals surface area (Å²) in [7, 11) is -2.70. The Hall–Kier alpha value is -4.34. The average Bonchev–Trinajstić information content (AvgIpc) is 3.59. The fraction of sp³-hybridized carbons (Fsp3) is 0.278. The van der Waals surface area contributed by atoms with Gasteiger partial charge in [0.2, 0.25) is 11.8 Å². The van der Waals surface area contributed by atoms with Crippen LogP contribution < -0.4 is 14.4 Å². The van der Waals surface area contributed by atoms with E-state index >= 15 is 0 Å². The summed E-state index contributed by atoms with van der Waals surface area (Å²) in [4.78, 5) is 30.1. The molecule has 0 saturated heterocycles. The molecule has 1 aliphatic carbocycles. The van der Waals surface area contributed by atoms with Crippen LogP contribution in [0.25, 0.3) is 0 Å². The third-order valence-corrected chi connectivity index (χ3v) is 10.2. The van der Waals surface area contributed by atoms with Crippen molar-refractivity contribution in [2.45, 2.75) is 55.6 Å². The second-order valence-corrected chi connectivity index (χ2v) is 13.7. The second kappa shape index (κ2) is 15.3. The summed E-state index contributed by atoms with van der Waals surface area (Å²) >= 11 is 6.33. The minimum absolute atomic E-state index is 0.00570. The third kappa shape index (κ3) is 8.27. The van der Waals surface area contributed by atoms with Crippen LogP contribution in [0.5, 0.6) is 5.75 Å². The summed E-state index contributed by atoms with van der Waals surface area (Å²) in [5.41, 5.74) is 1.92. The molecule has 0 aliphatic heterocycles. The maximum Gasteiger partial charge on any atom is 0.264 e. The lowest BCUT2D eigenvalue weighted by Gasteiger charge is -2.34. The van der Waals surface area contributed by atoms with Crippen molar-refractivity contribution in [2.24, 2.45) is 0 Å². The van der Waals surface area contributed by atoms with Gasteiger partial charge in [-0.05, 0) is 72.5 Å². The van der Waals surface area contributed by atoms with Gasteiger partial charge in [0.15, 0.2) is 0 Å². The van der Waals surface area contributed by atoms with E-state index in [0.29, 0.717) is 16.5 Å². The van der Waals surface area contributed by atoms with E-state index in [9.17, 15) is 18.0 Å². The minimum atomic E-state index is -4.20. The summed E-state index contributed by atoms with van der Waals surface area (Å²) in [6.07, 6.45) is 4.09. The number of carbonyl (C=O) groups is 2. The number of hydrogen-bond donors (Lipinski definition) is 1. The molecule has 0 heterocycles. The van der Waals surface area contributed by atoms with Gasteiger partial charge >= 0.3 is 0 Å². The van der Waals surface area contributed by atoms with Gasteiger partial charge < -0.3 is 15.0 Å². The molecule has 1 aliphatic rings. The number of nitrogens with one attached hydrogen (secondary N) is 1. The molecule has 5 rings (SSSR count). The number of anilines is 1. The van der Waals surface area contributed by atoms with Gasteiger partial charge in [-0.3, -0.25) is 13.9 Å². The van der Waals surface area contributed by atoms with Crippen LogP contribution in [-0.2, 0) is 32.6 Å². The van der Waals surface area contributed by atoms with E-state index in [0.717, 1.165) is 41.1 Å². The Labute approximate surface area is 276 Å². The van der Waals surface area contributed by atoms with E-state index in [4.69, 9.17) is 16.3 Å². The standard InChI is InChI=1S/C36H38ClN3O5S/c1-45-32-19-21-33(22-20-32)46(43,44)40(31-17-6-3-7-18-31)26-35(41)39(25-28-13-10-14-29(37)23-28)34(24-27-11-4-2-5-12-27)36(42)38-30-15-8-9-16-30/h2-7,10-14,17-23,30,34H,8-9,15-16,24-26H2,1H3,(H,38,42)/t34-/m0/s1. The number of halogens is 1. The Morgan fingerprint density at radius 1 is 0.870 bits per heavy atom. The van der Waals surface area contributed by atoms with E-state index in [1.165, 1.54) is 24.1 Å². The van der Waals surface area contributed by atoms with E-state index in [2.05, 4.69) is 5.32 Å². The van der Waals surface area contributed by atoms with Crippen molar-refractivity contribution in [1.29, 1.82) is 0 Å². The number of nitrogens with zero attached hydrogens (tertiary/aromatic N) is 2. The summed E-state index contributed by atoms with van der Waals surface area (Å²) in [6.45, 7) is -0.471. The van der Waals surface area contributed by atoms with Crippen molar-refractivity contribution in [3.63, 3.8) is 0 Å². The predicted molar refractivity (Wildman–Crippen MR) is 180 cm³/mol. The molecule has 0 bridgehead atoms. The van der Waals surface area contributed by atoms with Gasteiger partial charge in [0, 0.05) is 24.0 Å².